The van der Waals surface area contributed by atoms with Crippen LogP contribution in [0.1, 0.15) is 24.1 Å². The lowest BCUT2D eigenvalue weighted by molar-refractivity contribution is -0.140. The Hall–Kier alpha value is -4.71. The minimum atomic E-state index is -0.833. The predicted octanol–water partition coefficient (Wildman–Crippen LogP) is 7.24. The predicted molar refractivity (Wildman–Crippen MR) is 144 cm³/mol. The van der Waals surface area contributed by atoms with Gasteiger partial charge in [-0.05, 0) is 54.2 Å². The van der Waals surface area contributed by atoms with Crippen LogP contribution in [0.3, 0.4) is 0 Å². The average Bonchev–Trinajstić information content (AvgIpc) is 3.69. The fourth-order valence-electron chi connectivity index (χ4n) is 4.79. The lowest BCUT2D eigenvalue weighted by Crippen LogP contribution is -2.19. The van der Waals surface area contributed by atoms with Gasteiger partial charge < -0.3 is 14.9 Å². The number of carboxylic acids is 1. The summed E-state index contributed by atoms with van der Waals surface area (Å²) in [7, 11) is 0. The molecule has 5 aromatic rings. The molecule has 0 spiro atoms. The largest absolute Gasteiger partial charge is 0.481 e. The molecular formula is C31H25N3O3. The summed E-state index contributed by atoms with van der Waals surface area (Å²) in [4.78, 5) is 16.5. The van der Waals surface area contributed by atoms with Gasteiger partial charge in [-0.25, -0.2) is 0 Å². The number of benzene rings is 3. The van der Waals surface area contributed by atoms with Gasteiger partial charge in [0.2, 0.25) is 0 Å². The summed E-state index contributed by atoms with van der Waals surface area (Å²) in [6, 6.07) is 28.0. The van der Waals surface area contributed by atoms with Crippen LogP contribution >= 0.6 is 0 Å². The van der Waals surface area contributed by atoms with E-state index in [2.05, 4.69) is 15.5 Å². The van der Waals surface area contributed by atoms with Gasteiger partial charge in [-0.3, -0.25) is 9.78 Å². The normalized spacial score (nSPS) is 13.8. The summed E-state index contributed by atoms with van der Waals surface area (Å²) in [5.41, 5.74) is 6.99. The quantitative estimate of drug-likeness (QED) is 0.252. The number of aryl methyl sites for hydroxylation is 1. The van der Waals surface area contributed by atoms with Gasteiger partial charge in [-0.15, -0.1) is 0 Å². The summed E-state index contributed by atoms with van der Waals surface area (Å²) in [6.07, 6.45) is 4.86. The third-order valence-electron chi connectivity index (χ3n) is 7.04. The highest BCUT2D eigenvalue weighted by molar-refractivity contribution is 5.91. The van der Waals surface area contributed by atoms with Gasteiger partial charge in [0.25, 0.3) is 0 Å². The number of carbonyl (C=O) groups is 1. The highest BCUT2D eigenvalue weighted by atomic mass is 16.5. The Labute approximate surface area is 214 Å². The van der Waals surface area contributed by atoms with E-state index in [4.69, 9.17) is 4.52 Å². The number of hydrogen-bond donors (Lipinski definition) is 2. The number of nitrogens with one attached hydrogen (secondary N) is 1. The van der Waals surface area contributed by atoms with Crippen molar-refractivity contribution >= 4 is 17.3 Å². The minimum Gasteiger partial charge on any atom is -0.481 e. The van der Waals surface area contributed by atoms with E-state index >= 15 is 0 Å². The van der Waals surface area contributed by atoms with Crippen LogP contribution in [0.4, 0.5) is 11.4 Å². The van der Waals surface area contributed by atoms with E-state index in [0.29, 0.717) is 24.3 Å². The molecule has 37 heavy (non-hydrogen) atoms. The molecule has 0 atom stereocenters. The van der Waals surface area contributed by atoms with Crippen molar-refractivity contribution < 1.29 is 14.4 Å². The summed E-state index contributed by atoms with van der Waals surface area (Å²) in [6.45, 7) is 1.88. The molecule has 0 unspecified atom stereocenters. The summed E-state index contributed by atoms with van der Waals surface area (Å²) < 4.78 is 5.90. The molecule has 0 bridgehead atoms. The van der Waals surface area contributed by atoms with Gasteiger partial charge in [0.15, 0.2) is 5.76 Å². The second-order valence-corrected chi connectivity index (χ2v) is 9.44. The third-order valence-corrected chi connectivity index (χ3v) is 7.04. The van der Waals surface area contributed by atoms with Crippen molar-refractivity contribution in [1.29, 1.82) is 0 Å². The lowest BCUT2D eigenvalue weighted by Gasteiger charge is -2.16. The van der Waals surface area contributed by atoms with Gasteiger partial charge in [0.05, 0.1) is 17.3 Å². The van der Waals surface area contributed by atoms with Crippen molar-refractivity contribution in [3.05, 3.63) is 109 Å². The number of pyridine rings is 1. The smallest absolute Gasteiger partial charge is 0.314 e. The maximum absolute atomic E-state index is 12.1. The van der Waals surface area contributed by atoms with Gasteiger partial charge in [-0.2, -0.15) is 0 Å². The maximum atomic E-state index is 12.1. The van der Waals surface area contributed by atoms with E-state index in [1.54, 1.807) is 6.20 Å². The standard InChI is InChI=1S/C31H25N3O3/c1-20-28(33-25-16-23(18-32-19-25)21-8-4-2-5-9-21)29(37-34-20)27-17-24(31(14-15-31)30(35)36)12-13-26(27)22-10-6-3-7-11-22/h2-13,16-19,33H,14-15H2,1H3,(H,35,36). The molecule has 3 aromatic carbocycles. The molecule has 0 amide bonds. The van der Waals surface area contributed by atoms with E-state index in [9.17, 15) is 9.90 Å². The minimum absolute atomic E-state index is 0.560. The van der Waals surface area contributed by atoms with Crippen LogP contribution < -0.4 is 5.32 Å². The molecule has 0 aliphatic heterocycles. The number of anilines is 2. The van der Waals surface area contributed by atoms with Crippen LogP contribution in [0.2, 0.25) is 0 Å². The first-order valence-corrected chi connectivity index (χ1v) is 12.2. The number of carboxylic acid groups (broad SMARTS) is 1. The second kappa shape index (κ2) is 9.06. The second-order valence-electron chi connectivity index (χ2n) is 9.44. The van der Waals surface area contributed by atoms with Crippen LogP contribution in [-0.2, 0) is 10.2 Å². The van der Waals surface area contributed by atoms with Crippen LogP contribution in [0, 0.1) is 6.92 Å². The van der Waals surface area contributed by atoms with Crippen molar-refractivity contribution in [2.45, 2.75) is 25.2 Å². The van der Waals surface area contributed by atoms with E-state index in [1.165, 1.54) is 0 Å². The molecular weight excluding hydrogens is 462 g/mol. The topological polar surface area (TPSA) is 88.2 Å². The zero-order chi connectivity index (χ0) is 25.4. The Morgan fingerprint density at radius 3 is 2.24 bits per heavy atom. The summed E-state index contributed by atoms with van der Waals surface area (Å²) in [5.74, 6) is -0.230. The fraction of sp³-hybridized carbons (Fsp3) is 0.129. The highest BCUT2D eigenvalue weighted by Crippen LogP contribution is 2.50. The first kappa shape index (κ1) is 22.7. The Morgan fingerprint density at radius 2 is 1.57 bits per heavy atom. The summed E-state index contributed by atoms with van der Waals surface area (Å²) >= 11 is 0. The summed E-state index contributed by atoms with van der Waals surface area (Å²) in [5, 5.41) is 17.7. The van der Waals surface area contributed by atoms with Crippen molar-refractivity contribution in [3.8, 4) is 33.6 Å². The first-order valence-electron chi connectivity index (χ1n) is 12.2. The molecule has 1 fully saturated rings. The molecule has 1 aliphatic rings. The molecule has 182 valence electrons. The zero-order valence-corrected chi connectivity index (χ0v) is 20.3. The van der Waals surface area contributed by atoms with Gasteiger partial charge in [-0.1, -0.05) is 78.0 Å². The Morgan fingerprint density at radius 1 is 0.865 bits per heavy atom. The zero-order valence-electron chi connectivity index (χ0n) is 20.3. The van der Waals surface area contributed by atoms with Crippen LogP contribution in [0.25, 0.3) is 33.6 Å². The molecule has 2 aromatic heterocycles. The van der Waals surface area contributed by atoms with Crippen molar-refractivity contribution in [2.75, 3.05) is 5.32 Å². The SMILES string of the molecule is Cc1noc(-c2cc(C3(C(=O)O)CC3)ccc2-c2ccccc2)c1Nc1cncc(-c2ccccc2)c1. The number of rotatable bonds is 7. The molecule has 0 radical (unpaired) electrons. The Balaban J connectivity index is 1.46. The molecule has 2 heterocycles. The molecule has 1 aliphatic carbocycles. The number of aliphatic carboxylic acids is 1. The monoisotopic (exact) mass is 487 g/mol. The van der Waals surface area contributed by atoms with Crippen molar-refractivity contribution in [1.82, 2.24) is 10.1 Å². The maximum Gasteiger partial charge on any atom is 0.314 e. The molecule has 2 N–H and O–H groups in total. The lowest BCUT2D eigenvalue weighted by atomic mass is 9.89. The van der Waals surface area contributed by atoms with Crippen LogP contribution in [0.15, 0.2) is 102 Å². The molecule has 6 heteroatoms. The first-order chi connectivity index (χ1) is 18.0. The number of aromatic nitrogens is 2. The van der Waals surface area contributed by atoms with E-state index in [-0.39, 0.29) is 0 Å². The van der Waals surface area contributed by atoms with Gasteiger partial charge in [0.1, 0.15) is 11.4 Å². The highest BCUT2D eigenvalue weighted by Gasteiger charge is 2.52. The Kier molecular flexibility index (Phi) is 5.57. The average molecular weight is 488 g/mol. The van der Waals surface area contributed by atoms with Gasteiger partial charge in [0, 0.05) is 17.3 Å². The number of nitrogens with zero attached hydrogens (tertiary/aromatic N) is 2. The Bertz CT molecular complexity index is 1590. The molecule has 0 saturated heterocycles. The number of hydrogen-bond acceptors (Lipinski definition) is 5. The van der Waals surface area contributed by atoms with Crippen molar-refractivity contribution in [2.24, 2.45) is 0 Å². The molecule has 1 saturated carbocycles. The van der Waals surface area contributed by atoms with Crippen LogP contribution in [0.5, 0.6) is 0 Å². The third kappa shape index (κ3) is 4.16. The van der Waals surface area contributed by atoms with Gasteiger partial charge >= 0.3 is 5.97 Å². The van der Waals surface area contributed by atoms with Crippen LogP contribution in [-0.4, -0.2) is 21.2 Å². The van der Waals surface area contributed by atoms with E-state index < -0.39 is 11.4 Å². The van der Waals surface area contributed by atoms with E-state index in [0.717, 1.165) is 44.8 Å². The van der Waals surface area contributed by atoms with Crippen molar-refractivity contribution in [3.63, 3.8) is 0 Å². The molecule has 6 rings (SSSR count). The molecule has 6 nitrogen and oxygen atoms in total. The fourth-order valence-corrected chi connectivity index (χ4v) is 4.79. The van der Waals surface area contributed by atoms with E-state index in [1.807, 2.05) is 98.0 Å².